The van der Waals surface area contributed by atoms with E-state index in [0.717, 1.165) is 72.8 Å². The van der Waals surface area contributed by atoms with Gasteiger partial charge in [-0.2, -0.15) is 4.98 Å². The van der Waals surface area contributed by atoms with Gasteiger partial charge in [-0.15, -0.1) is 5.10 Å². The number of methoxy groups -OCH3 is 2. The van der Waals surface area contributed by atoms with E-state index in [1.54, 1.807) is 31.1 Å². The number of benzene rings is 2. The Hall–Kier alpha value is -5.63. The molecule has 5 aromatic rings. The van der Waals surface area contributed by atoms with Crippen molar-refractivity contribution in [3.05, 3.63) is 94.9 Å². The minimum atomic E-state index is -1.08. The number of nitrogens with zero attached hydrogens (tertiary/aromatic N) is 7. The van der Waals surface area contributed by atoms with Gasteiger partial charge in [-0.3, -0.25) is 0 Å². The summed E-state index contributed by atoms with van der Waals surface area (Å²) in [6.45, 7) is 13.4. The summed E-state index contributed by atoms with van der Waals surface area (Å²) in [5.74, 6) is 3.35. The Morgan fingerprint density at radius 2 is 1.60 bits per heavy atom. The minimum absolute atomic E-state index is 0.196. The Morgan fingerprint density at radius 1 is 0.965 bits per heavy atom. The topological polar surface area (TPSA) is 149 Å². The van der Waals surface area contributed by atoms with Crippen molar-refractivity contribution in [1.82, 2.24) is 29.9 Å². The van der Waals surface area contributed by atoms with Gasteiger partial charge in [-0.1, -0.05) is 37.6 Å². The summed E-state index contributed by atoms with van der Waals surface area (Å²) in [5.41, 5.74) is 4.09. The molecule has 1 aliphatic rings. The molecular weight excluding hydrogens is 725 g/mol. The minimum Gasteiger partial charge on any atom is -0.497 e. The number of hydrogen-bond donors (Lipinski definition) is 2. The fraction of sp³-hybridized carbons (Fsp3) is 0.465. The van der Waals surface area contributed by atoms with Crippen LogP contribution in [0.1, 0.15) is 87.4 Å². The van der Waals surface area contributed by atoms with Gasteiger partial charge < -0.3 is 39.2 Å². The predicted octanol–water partition coefficient (Wildman–Crippen LogP) is 7.05. The van der Waals surface area contributed by atoms with Crippen molar-refractivity contribution < 1.29 is 28.8 Å². The van der Waals surface area contributed by atoms with Gasteiger partial charge in [0, 0.05) is 44.5 Å². The van der Waals surface area contributed by atoms with Gasteiger partial charge in [0.25, 0.3) is 0 Å². The number of unbranched alkanes of at least 4 members (excludes halogenated alkanes) is 1. The number of rotatable bonds is 16. The van der Waals surface area contributed by atoms with Gasteiger partial charge in [0.05, 0.1) is 32.7 Å². The van der Waals surface area contributed by atoms with E-state index in [1.807, 2.05) is 82.3 Å². The van der Waals surface area contributed by atoms with Gasteiger partial charge in [0.1, 0.15) is 29.0 Å². The average Bonchev–Trinajstić information content (AvgIpc) is 3.63. The molecule has 0 aliphatic carbocycles. The number of aliphatic hydroxyl groups excluding tert-OH is 1. The number of carbonyl (C=O) groups is 1. The van der Waals surface area contributed by atoms with Gasteiger partial charge in [-0.05, 0) is 99.9 Å². The van der Waals surface area contributed by atoms with Crippen LogP contribution < -0.4 is 29.3 Å². The number of alkyl carbamates (subject to hydrolysis) is 1. The summed E-state index contributed by atoms with van der Waals surface area (Å²) >= 11 is 0. The molecule has 4 heterocycles. The van der Waals surface area contributed by atoms with Crippen LogP contribution in [0.15, 0.2) is 67.0 Å². The highest BCUT2D eigenvalue weighted by Gasteiger charge is 2.27. The Balaban J connectivity index is 1.26. The predicted molar refractivity (Wildman–Crippen MR) is 219 cm³/mol. The van der Waals surface area contributed by atoms with E-state index in [0.29, 0.717) is 54.9 Å². The van der Waals surface area contributed by atoms with Crippen molar-refractivity contribution in [2.75, 3.05) is 50.3 Å². The Bertz CT molecular complexity index is 2030. The zero-order valence-corrected chi connectivity index (χ0v) is 34.2. The van der Waals surface area contributed by atoms with Crippen molar-refractivity contribution in [2.24, 2.45) is 5.92 Å². The van der Waals surface area contributed by atoms with Crippen LogP contribution in [0.5, 0.6) is 17.5 Å². The van der Waals surface area contributed by atoms with Crippen molar-refractivity contribution in [3.63, 3.8) is 0 Å². The first-order valence-corrected chi connectivity index (χ1v) is 19.7. The molecule has 0 spiro atoms. The maximum absolute atomic E-state index is 12.2. The summed E-state index contributed by atoms with van der Waals surface area (Å²) in [4.78, 5) is 31.1. The highest BCUT2D eigenvalue weighted by atomic mass is 16.6. The molecule has 6 rings (SSSR count). The second-order valence-electron chi connectivity index (χ2n) is 15.5. The molecule has 1 aliphatic heterocycles. The van der Waals surface area contributed by atoms with Crippen LogP contribution in [0, 0.1) is 12.8 Å². The van der Waals surface area contributed by atoms with E-state index in [9.17, 15) is 9.90 Å². The number of ether oxygens (including phenoxy) is 4. The monoisotopic (exact) mass is 780 g/mol. The molecule has 1 saturated heterocycles. The molecule has 14 heteroatoms. The number of fused-ring (bicyclic) bond motifs is 1. The highest BCUT2D eigenvalue weighted by molar-refractivity contribution is 5.67. The van der Waals surface area contributed by atoms with Gasteiger partial charge >= 0.3 is 12.1 Å². The zero-order valence-electron chi connectivity index (χ0n) is 34.2. The van der Waals surface area contributed by atoms with Crippen LogP contribution in [-0.4, -0.2) is 81.8 Å². The van der Waals surface area contributed by atoms with E-state index < -0.39 is 11.7 Å². The number of carbonyl (C=O) groups excluding carboxylic acids is 1. The number of hydrogen-bond acceptors (Lipinski definition) is 12. The largest absolute Gasteiger partial charge is 0.497 e. The van der Waals surface area contributed by atoms with E-state index in [1.165, 1.54) is 0 Å². The van der Waals surface area contributed by atoms with Crippen molar-refractivity contribution in [2.45, 2.75) is 85.1 Å². The highest BCUT2D eigenvalue weighted by Crippen LogP contribution is 2.32. The molecule has 57 heavy (non-hydrogen) atoms. The lowest BCUT2D eigenvalue weighted by molar-refractivity contribution is 0.0516. The number of anilines is 2. The number of pyridine rings is 1. The Morgan fingerprint density at radius 3 is 2.16 bits per heavy atom. The standard InChI is InChI=1S/C43H56N8O6/c1-8-9-22-56-41-47-40(50(27-31-10-14-34(54-6)15-11-31)28-32-12-16-35(55-7)17-13-32)39-45-26-36(51(39)48-41)37(52)33-23-29(2)38(44-25-33)49-20-18-30(19-21-49)24-46-42(53)57-43(3,4)5/h10-17,23,25-26,30,37,52H,8-9,18-22,24,27-28H2,1-7H3,(H,46,53). The Kier molecular flexibility index (Phi) is 13.3. The van der Waals surface area contributed by atoms with Crippen molar-refractivity contribution >= 4 is 23.4 Å². The van der Waals surface area contributed by atoms with E-state index in [-0.39, 0.29) is 12.1 Å². The van der Waals surface area contributed by atoms with Crippen LogP contribution >= 0.6 is 0 Å². The molecule has 1 atom stereocenters. The molecule has 0 radical (unpaired) electrons. The second-order valence-corrected chi connectivity index (χ2v) is 15.5. The van der Waals surface area contributed by atoms with E-state index in [2.05, 4.69) is 22.0 Å². The molecule has 0 bridgehead atoms. The van der Waals surface area contributed by atoms with Gasteiger partial charge in [0.15, 0.2) is 11.5 Å². The number of aryl methyl sites for hydroxylation is 1. The summed E-state index contributed by atoms with van der Waals surface area (Å²) in [6.07, 6.45) is 5.54. The number of amides is 1. The lowest BCUT2D eigenvalue weighted by Crippen LogP contribution is -2.40. The van der Waals surface area contributed by atoms with Crippen LogP contribution in [0.2, 0.25) is 0 Å². The third-order valence-electron chi connectivity index (χ3n) is 9.96. The first kappa shape index (κ1) is 41.0. The van der Waals surface area contributed by atoms with Crippen molar-refractivity contribution in [3.8, 4) is 17.5 Å². The van der Waals surface area contributed by atoms with Crippen LogP contribution in [-0.2, 0) is 17.8 Å². The molecule has 3 aromatic heterocycles. The lowest BCUT2D eigenvalue weighted by Gasteiger charge is -2.34. The summed E-state index contributed by atoms with van der Waals surface area (Å²) in [7, 11) is 3.30. The maximum Gasteiger partial charge on any atom is 0.407 e. The van der Waals surface area contributed by atoms with Crippen molar-refractivity contribution in [1.29, 1.82) is 0 Å². The molecule has 304 valence electrons. The summed E-state index contributed by atoms with van der Waals surface area (Å²) in [5, 5.41) is 19.6. The lowest BCUT2D eigenvalue weighted by atomic mass is 9.96. The average molecular weight is 781 g/mol. The van der Waals surface area contributed by atoms with Crippen LogP contribution in [0.4, 0.5) is 16.4 Å². The zero-order chi connectivity index (χ0) is 40.5. The number of aromatic nitrogens is 5. The van der Waals surface area contributed by atoms with Gasteiger partial charge in [0.2, 0.25) is 0 Å². The molecule has 0 saturated carbocycles. The third kappa shape index (κ3) is 10.6. The quantitative estimate of drug-likeness (QED) is 0.0989. The molecular formula is C43H56N8O6. The molecule has 1 unspecified atom stereocenters. The summed E-state index contributed by atoms with van der Waals surface area (Å²) < 4.78 is 24.0. The van der Waals surface area contributed by atoms with E-state index in [4.69, 9.17) is 39.0 Å². The fourth-order valence-electron chi connectivity index (χ4n) is 6.87. The van der Waals surface area contributed by atoms with Crippen LogP contribution in [0.25, 0.3) is 5.65 Å². The number of piperidine rings is 1. The molecule has 2 aromatic carbocycles. The first-order valence-electron chi connectivity index (χ1n) is 19.7. The smallest absolute Gasteiger partial charge is 0.407 e. The molecule has 2 N–H and O–H groups in total. The van der Waals surface area contributed by atoms with Crippen LogP contribution in [0.3, 0.4) is 0 Å². The first-order chi connectivity index (χ1) is 27.4. The fourth-order valence-corrected chi connectivity index (χ4v) is 6.87. The molecule has 1 amide bonds. The molecule has 1 fully saturated rings. The second kappa shape index (κ2) is 18.5. The maximum atomic E-state index is 12.2. The number of nitrogens with one attached hydrogen (secondary N) is 1. The summed E-state index contributed by atoms with van der Waals surface area (Å²) in [6, 6.07) is 18.1. The molecule has 14 nitrogen and oxygen atoms in total. The van der Waals surface area contributed by atoms with E-state index >= 15 is 0 Å². The Labute approximate surface area is 335 Å². The SMILES string of the molecule is CCCCOc1nc(N(Cc2ccc(OC)cc2)Cc2ccc(OC)cc2)c2ncc(C(O)c3cnc(N4CCC(CNC(=O)OC(C)(C)C)CC4)c(C)c3)n2n1. The number of imidazole rings is 1. The normalized spacial score (nSPS) is 14.0. The van der Waals surface area contributed by atoms with Gasteiger partial charge in [-0.25, -0.2) is 19.3 Å². The number of aliphatic hydroxyl groups is 1. The third-order valence-corrected chi connectivity index (χ3v) is 9.96.